The molecular weight excluding hydrogens is 256 g/mol. The maximum Gasteiger partial charge on any atom is 0.0221 e. The lowest BCUT2D eigenvalue weighted by Gasteiger charge is -2.42. The minimum absolute atomic E-state index is 0.711. The van der Waals surface area contributed by atoms with Gasteiger partial charge in [-0.1, -0.05) is 72.6 Å². The molecule has 1 saturated heterocycles. The molecule has 0 amide bonds. The predicted molar refractivity (Wildman–Crippen MR) is 94.9 cm³/mol. The molecule has 2 heteroatoms. The topological polar surface area (TPSA) is 15.3 Å². The molecule has 1 aliphatic heterocycles. The standard InChI is InChI=1S/C19H40N2/c1-5-8-9-10-11-12-14-21-16-19(17(4)7-3)20-15-18(21)13-6-2/h17-20H,5-16H2,1-4H3. The van der Waals surface area contributed by atoms with E-state index in [9.17, 15) is 0 Å². The summed E-state index contributed by atoms with van der Waals surface area (Å²) < 4.78 is 0. The normalized spacial score (nSPS) is 25.1. The minimum atomic E-state index is 0.711. The average molecular weight is 297 g/mol. The van der Waals surface area contributed by atoms with Gasteiger partial charge in [-0.3, -0.25) is 4.90 Å². The van der Waals surface area contributed by atoms with Crippen LogP contribution in [-0.2, 0) is 0 Å². The summed E-state index contributed by atoms with van der Waals surface area (Å²) in [6, 6.07) is 1.49. The van der Waals surface area contributed by atoms with E-state index in [4.69, 9.17) is 0 Å². The number of hydrogen-bond donors (Lipinski definition) is 1. The first-order valence-electron chi connectivity index (χ1n) is 9.70. The van der Waals surface area contributed by atoms with E-state index >= 15 is 0 Å². The smallest absolute Gasteiger partial charge is 0.0221 e. The molecular formula is C19H40N2. The predicted octanol–water partition coefficient (Wildman–Crippen LogP) is 4.84. The monoisotopic (exact) mass is 296 g/mol. The van der Waals surface area contributed by atoms with E-state index in [1.807, 2.05) is 0 Å². The molecule has 3 atom stereocenters. The molecule has 1 fully saturated rings. The molecule has 126 valence electrons. The van der Waals surface area contributed by atoms with Gasteiger partial charge in [0, 0.05) is 25.2 Å². The van der Waals surface area contributed by atoms with E-state index in [-0.39, 0.29) is 0 Å². The van der Waals surface area contributed by atoms with E-state index in [1.165, 1.54) is 77.4 Å². The van der Waals surface area contributed by atoms with E-state index in [0.29, 0.717) is 6.04 Å². The summed E-state index contributed by atoms with van der Waals surface area (Å²) in [5.74, 6) is 0.805. The number of rotatable bonds is 11. The Kier molecular flexibility index (Phi) is 10.4. The molecule has 3 unspecified atom stereocenters. The van der Waals surface area contributed by atoms with Crippen LogP contribution in [0.3, 0.4) is 0 Å². The SMILES string of the molecule is CCCCCCCCN1CC(C(C)CC)NCC1CCC. The first kappa shape index (κ1) is 19.0. The Labute approximate surface area is 134 Å². The highest BCUT2D eigenvalue weighted by Gasteiger charge is 2.28. The Balaban J connectivity index is 2.33. The van der Waals surface area contributed by atoms with Crippen LogP contribution in [0.15, 0.2) is 0 Å². The zero-order chi connectivity index (χ0) is 15.5. The molecule has 0 radical (unpaired) electrons. The van der Waals surface area contributed by atoms with Crippen LogP contribution in [0, 0.1) is 5.92 Å². The van der Waals surface area contributed by atoms with Crippen molar-refractivity contribution in [3.63, 3.8) is 0 Å². The van der Waals surface area contributed by atoms with Gasteiger partial charge in [-0.25, -0.2) is 0 Å². The third-order valence-corrected chi connectivity index (χ3v) is 5.31. The van der Waals surface area contributed by atoms with Crippen LogP contribution in [0.5, 0.6) is 0 Å². The fourth-order valence-corrected chi connectivity index (χ4v) is 3.54. The van der Waals surface area contributed by atoms with Crippen molar-refractivity contribution in [2.45, 2.75) is 97.6 Å². The van der Waals surface area contributed by atoms with E-state index < -0.39 is 0 Å². The summed E-state index contributed by atoms with van der Waals surface area (Å²) in [6.07, 6.45) is 12.4. The molecule has 0 saturated carbocycles. The highest BCUT2D eigenvalue weighted by molar-refractivity contribution is 4.88. The number of nitrogens with one attached hydrogen (secondary N) is 1. The van der Waals surface area contributed by atoms with Gasteiger partial charge in [0.25, 0.3) is 0 Å². The summed E-state index contributed by atoms with van der Waals surface area (Å²) >= 11 is 0. The maximum absolute atomic E-state index is 3.81. The fraction of sp³-hybridized carbons (Fsp3) is 1.00. The Morgan fingerprint density at radius 2 is 1.71 bits per heavy atom. The molecule has 0 spiro atoms. The van der Waals surface area contributed by atoms with Crippen LogP contribution in [0.25, 0.3) is 0 Å². The van der Waals surface area contributed by atoms with Crippen LogP contribution < -0.4 is 5.32 Å². The molecule has 21 heavy (non-hydrogen) atoms. The van der Waals surface area contributed by atoms with Crippen molar-refractivity contribution in [2.75, 3.05) is 19.6 Å². The lowest BCUT2D eigenvalue weighted by Crippen LogP contribution is -2.58. The Bertz CT molecular complexity index is 242. The third-order valence-electron chi connectivity index (χ3n) is 5.31. The second-order valence-corrected chi connectivity index (χ2v) is 7.11. The quantitative estimate of drug-likeness (QED) is 0.549. The van der Waals surface area contributed by atoms with Gasteiger partial charge in [-0.2, -0.15) is 0 Å². The lowest BCUT2D eigenvalue weighted by atomic mass is 9.94. The second kappa shape index (κ2) is 11.5. The molecule has 0 bridgehead atoms. The number of unbranched alkanes of at least 4 members (excludes halogenated alkanes) is 5. The van der Waals surface area contributed by atoms with Crippen molar-refractivity contribution < 1.29 is 0 Å². The fourth-order valence-electron chi connectivity index (χ4n) is 3.54. The van der Waals surface area contributed by atoms with Crippen molar-refractivity contribution in [1.29, 1.82) is 0 Å². The number of hydrogen-bond acceptors (Lipinski definition) is 2. The van der Waals surface area contributed by atoms with Gasteiger partial charge in [-0.05, 0) is 25.3 Å². The largest absolute Gasteiger partial charge is 0.311 e. The summed E-state index contributed by atoms with van der Waals surface area (Å²) in [6.45, 7) is 13.1. The summed E-state index contributed by atoms with van der Waals surface area (Å²) in [7, 11) is 0. The van der Waals surface area contributed by atoms with Gasteiger partial charge in [0.2, 0.25) is 0 Å². The zero-order valence-electron chi connectivity index (χ0n) is 15.2. The van der Waals surface area contributed by atoms with Gasteiger partial charge in [0.1, 0.15) is 0 Å². The third kappa shape index (κ3) is 7.15. The first-order chi connectivity index (χ1) is 10.2. The summed E-state index contributed by atoms with van der Waals surface area (Å²) in [4.78, 5) is 2.80. The minimum Gasteiger partial charge on any atom is -0.311 e. The maximum atomic E-state index is 3.81. The highest BCUT2D eigenvalue weighted by atomic mass is 15.2. The number of piperazine rings is 1. The van der Waals surface area contributed by atoms with Crippen LogP contribution >= 0.6 is 0 Å². The van der Waals surface area contributed by atoms with Crippen molar-refractivity contribution >= 4 is 0 Å². The molecule has 1 rings (SSSR count). The second-order valence-electron chi connectivity index (χ2n) is 7.11. The van der Waals surface area contributed by atoms with Crippen LogP contribution in [0.4, 0.5) is 0 Å². The van der Waals surface area contributed by atoms with Crippen LogP contribution in [-0.4, -0.2) is 36.6 Å². The lowest BCUT2D eigenvalue weighted by molar-refractivity contribution is 0.101. The molecule has 0 aromatic rings. The zero-order valence-corrected chi connectivity index (χ0v) is 15.2. The first-order valence-corrected chi connectivity index (χ1v) is 9.70. The van der Waals surface area contributed by atoms with Crippen molar-refractivity contribution in [3.8, 4) is 0 Å². The van der Waals surface area contributed by atoms with Gasteiger partial charge in [0.15, 0.2) is 0 Å². The molecule has 1 N–H and O–H groups in total. The van der Waals surface area contributed by atoms with Gasteiger partial charge in [0.05, 0.1) is 0 Å². The van der Waals surface area contributed by atoms with Gasteiger partial charge >= 0.3 is 0 Å². The Morgan fingerprint density at radius 3 is 2.38 bits per heavy atom. The van der Waals surface area contributed by atoms with Crippen LogP contribution in [0.2, 0.25) is 0 Å². The average Bonchev–Trinajstić information content (AvgIpc) is 2.51. The molecule has 0 aromatic heterocycles. The van der Waals surface area contributed by atoms with E-state index in [0.717, 1.165) is 12.0 Å². The van der Waals surface area contributed by atoms with Crippen molar-refractivity contribution in [3.05, 3.63) is 0 Å². The number of nitrogens with zero attached hydrogens (tertiary/aromatic N) is 1. The molecule has 1 heterocycles. The Hall–Kier alpha value is -0.0800. The molecule has 1 aliphatic rings. The van der Waals surface area contributed by atoms with E-state index in [2.05, 4.69) is 37.9 Å². The van der Waals surface area contributed by atoms with Gasteiger partial charge in [-0.15, -0.1) is 0 Å². The summed E-state index contributed by atoms with van der Waals surface area (Å²) in [5, 5.41) is 3.81. The molecule has 0 aromatic carbocycles. The van der Waals surface area contributed by atoms with Crippen LogP contribution in [0.1, 0.15) is 85.5 Å². The van der Waals surface area contributed by atoms with Crippen molar-refractivity contribution in [1.82, 2.24) is 10.2 Å². The van der Waals surface area contributed by atoms with Crippen molar-refractivity contribution in [2.24, 2.45) is 5.92 Å². The molecule has 2 nitrogen and oxygen atoms in total. The highest BCUT2D eigenvalue weighted by Crippen LogP contribution is 2.19. The summed E-state index contributed by atoms with van der Waals surface area (Å²) in [5.41, 5.74) is 0. The Morgan fingerprint density at radius 1 is 1.00 bits per heavy atom. The van der Waals surface area contributed by atoms with E-state index in [1.54, 1.807) is 0 Å². The van der Waals surface area contributed by atoms with Gasteiger partial charge < -0.3 is 5.32 Å². The molecule has 0 aliphatic carbocycles.